The third-order valence-electron chi connectivity index (χ3n) is 2.34. The van der Waals surface area contributed by atoms with Gasteiger partial charge < -0.3 is 5.73 Å². The molecule has 88 valence electrons. The van der Waals surface area contributed by atoms with Crippen LogP contribution in [0.2, 0.25) is 5.02 Å². The highest BCUT2D eigenvalue weighted by Gasteiger charge is 2.19. The minimum absolute atomic E-state index is 0.0167. The Hall–Kier alpha value is -1.75. The Balaban J connectivity index is 2.77. The molecule has 0 spiro atoms. The zero-order chi connectivity index (χ0) is 12.6. The molecule has 2 rings (SSSR count). The molecule has 2 N–H and O–H groups in total. The van der Waals surface area contributed by atoms with Crippen LogP contribution < -0.4 is 5.73 Å². The van der Waals surface area contributed by atoms with Crippen molar-refractivity contribution in [1.82, 2.24) is 9.97 Å². The van der Waals surface area contributed by atoms with Crippen LogP contribution in [0.3, 0.4) is 0 Å². The molecule has 6 heteroatoms. The Labute approximate surface area is 101 Å². The minimum Gasteiger partial charge on any atom is -0.382 e. The summed E-state index contributed by atoms with van der Waals surface area (Å²) in [5, 5.41) is -0.0594. The molecule has 0 fully saturated rings. The van der Waals surface area contributed by atoms with E-state index in [1.54, 1.807) is 0 Å². The van der Waals surface area contributed by atoms with Gasteiger partial charge in [-0.05, 0) is 18.6 Å². The number of nitrogens with two attached hydrogens (primary N) is 1. The highest BCUT2D eigenvalue weighted by atomic mass is 35.5. The van der Waals surface area contributed by atoms with Crippen molar-refractivity contribution in [3.05, 3.63) is 40.7 Å². The summed E-state index contributed by atoms with van der Waals surface area (Å²) in [5.41, 5.74) is 5.44. The predicted octanol–water partition coefficient (Wildman–Crippen LogP) is 2.97. The van der Waals surface area contributed by atoms with Crippen LogP contribution in [0, 0.1) is 18.6 Å². The number of rotatable bonds is 1. The Morgan fingerprint density at radius 1 is 1.24 bits per heavy atom. The topological polar surface area (TPSA) is 51.8 Å². The van der Waals surface area contributed by atoms with Gasteiger partial charge in [0.2, 0.25) is 0 Å². The molecule has 0 bridgehead atoms. The van der Waals surface area contributed by atoms with E-state index >= 15 is 0 Å². The first-order valence-corrected chi connectivity index (χ1v) is 5.11. The average Bonchev–Trinajstić information content (AvgIpc) is 2.30. The second-order valence-corrected chi connectivity index (χ2v) is 3.85. The van der Waals surface area contributed by atoms with Gasteiger partial charge in [0, 0.05) is 0 Å². The fourth-order valence-corrected chi connectivity index (χ4v) is 1.62. The zero-order valence-corrected chi connectivity index (χ0v) is 9.59. The van der Waals surface area contributed by atoms with E-state index < -0.39 is 11.6 Å². The number of aryl methyl sites for hydroxylation is 1. The first-order chi connectivity index (χ1) is 8.02. The molecule has 1 aromatic carbocycles. The summed E-state index contributed by atoms with van der Waals surface area (Å²) >= 11 is 5.84. The maximum absolute atomic E-state index is 13.9. The van der Waals surface area contributed by atoms with Crippen molar-refractivity contribution in [2.45, 2.75) is 6.92 Å². The molecule has 0 aliphatic rings. The summed E-state index contributed by atoms with van der Waals surface area (Å²) in [5.74, 6) is -1.46. The van der Waals surface area contributed by atoms with E-state index in [1.807, 2.05) is 0 Å². The molecular weight excluding hydrogens is 248 g/mol. The number of hydrogen-bond donors (Lipinski definition) is 1. The summed E-state index contributed by atoms with van der Waals surface area (Å²) in [6.07, 6.45) is 1.11. The quantitative estimate of drug-likeness (QED) is 0.852. The summed E-state index contributed by atoms with van der Waals surface area (Å²) in [4.78, 5) is 7.41. The molecule has 0 atom stereocenters. The molecule has 0 aliphatic carbocycles. The van der Waals surface area contributed by atoms with Gasteiger partial charge in [-0.3, -0.25) is 0 Å². The largest absolute Gasteiger partial charge is 0.382 e. The number of benzene rings is 1. The lowest BCUT2D eigenvalue weighted by Crippen LogP contribution is -2.00. The lowest BCUT2D eigenvalue weighted by molar-refractivity contribution is 0.583. The summed E-state index contributed by atoms with van der Waals surface area (Å²) in [6.45, 7) is 1.52. The van der Waals surface area contributed by atoms with Gasteiger partial charge in [-0.15, -0.1) is 0 Å². The maximum atomic E-state index is 13.9. The molecule has 0 amide bonds. The van der Waals surface area contributed by atoms with Gasteiger partial charge >= 0.3 is 0 Å². The summed E-state index contributed by atoms with van der Waals surface area (Å²) < 4.78 is 27.5. The molecule has 0 aliphatic heterocycles. The number of anilines is 1. The molecule has 0 unspecified atom stereocenters. The predicted molar refractivity (Wildman–Crippen MR) is 61.5 cm³/mol. The fourth-order valence-electron chi connectivity index (χ4n) is 1.43. The van der Waals surface area contributed by atoms with Crippen molar-refractivity contribution in [1.29, 1.82) is 0 Å². The monoisotopic (exact) mass is 255 g/mol. The second kappa shape index (κ2) is 4.25. The van der Waals surface area contributed by atoms with Crippen molar-refractivity contribution in [3.63, 3.8) is 0 Å². The molecule has 0 saturated carbocycles. The van der Waals surface area contributed by atoms with E-state index in [1.165, 1.54) is 13.0 Å². The Morgan fingerprint density at radius 3 is 2.65 bits per heavy atom. The van der Waals surface area contributed by atoms with Gasteiger partial charge in [0.25, 0.3) is 0 Å². The third kappa shape index (κ3) is 1.93. The summed E-state index contributed by atoms with van der Waals surface area (Å²) in [7, 11) is 0. The smallest absolute Gasteiger partial charge is 0.146 e. The van der Waals surface area contributed by atoms with E-state index in [9.17, 15) is 8.78 Å². The van der Waals surface area contributed by atoms with Crippen LogP contribution in [0.25, 0.3) is 11.3 Å². The van der Waals surface area contributed by atoms with Crippen LogP contribution in [-0.4, -0.2) is 9.97 Å². The first kappa shape index (κ1) is 11.7. The zero-order valence-electron chi connectivity index (χ0n) is 8.84. The van der Waals surface area contributed by atoms with Gasteiger partial charge in [0.1, 0.15) is 34.5 Å². The number of halogens is 3. The standard InChI is InChI=1S/C11H8ClF2N3/c1-5-2-3-6(13)7(9(5)14)10-8(12)11(15)17-4-16-10/h2-4H,1H3,(H2,15,16,17). The van der Waals surface area contributed by atoms with Crippen LogP contribution in [0.5, 0.6) is 0 Å². The number of aromatic nitrogens is 2. The normalized spacial score (nSPS) is 10.6. The van der Waals surface area contributed by atoms with Crippen LogP contribution in [0.4, 0.5) is 14.6 Å². The minimum atomic E-state index is -0.742. The molecule has 1 heterocycles. The van der Waals surface area contributed by atoms with E-state index in [0.29, 0.717) is 5.56 Å². The highest BCUT2D eigenvalue weighted by Crippen LogP contribution is 2.33. The maximum Gasteiger partial charge on any atom is 0.146 e. The number of nitrogen functional groups attached to an aromatic ring is 1. The Bertz CT molecular complexity index is 587. The van der Waals surface area contributed by atoms with Crippen LogP contribution in [-0.2, 0) is 0 Å². The number of hydrogen-bond acceptors (Lipinski definition) is 3. The van der Waals surface area contributed by atoms with E-state index in [4.69, 9.17) is 17.3 Å². The molecule has 1 aromatic heterocycles. The van der Waals surface area contributed by atoms with Crippen LogP contribution in [0.15, 0.2) is 18.5 Å². The van der Waals surface area contributed by atoms with Gasteiger partial charge in [0.05, 0.1) is 5.56 Å². The van der Waals surface area contributed by atoms with Crippen molar-refractivity contribution in [2.24, 2.45) is 0 Å². The van der Waals surface area contributed by atoms with Gasteiger partial charge in [-0.1, -0.05) is 17.7 Å². The SMILES string of the molecule is Cc1ccc(F)c(-c2ncnc(N)c2Cl)c1F. The third-order valence-corrected chi connectivity index (χ3v) is 2.71. The van der Waals surface area contributed by atoms with Crippen molar-refractivity contribution in [3.8, 4) is 11.3 Å². The molecule has 0 saturated heterocycles. The lowest BCUT2D eigenvalue weighted by atomic mass is 10.1. The first-order valence-electron chi connectivity index (χ1n) is 4.73. The fraction of sp³-hybridized carbons (Fsp3) is 0.0909. The molecule has 17 heavy (non-hydrogen) atoms. The van der Waals surface area contributed by atoms with E-state index in [-0.39, 0.29) is 22.1 Å². The molecule has 2 aromatic rings. The van der Waals surface area contributed by atoms with Gasteiger partial charge in [0.15, 0.2) is 0 Å². The molecular formula is C11H8ClF2N3. The van der Waals surface area contributed by atoms with Crippen LogP contribution >= 0.6 is 11.6 Å². The van der Waals surface area contributed by atoms with E-state index in [0.717, 1.165) is 12.4 Å². The van der Waals surface area contributed by atoms with Gasteiger partial charge in [-0.25, -0.2) is 18.7 Å². The Kier molecular flexibility index (Phi) is 2.93. The van der Waals surface area contributed by atoms with Crippen molar-refractivity contribution >= 4 is 17.4 Å². The average molecular weight is 256 g/mol. The van der Waals surface area contributed by atoms with Gasteiger partial charge in [-0.2, -0.15) is 0 Å². The Morgan fingerprint density at radius 2 is 1.94 bits per heavy atom. The highest BCUT2D eigenvalue weighted by molar-refractivity contribution is 6.35. The summed E-state index contributed by atoms with van der Waals surface area (Å²) in [6, 6.07) is 2.50. The molecule has 3 nitrogen and oxygen atoms in total. The van der Waals surface area contributed by atoms with Crippen LogP contribution in [0.1, 0.15) is 5.56 Å². The lowest BCUT2D eigenvalue weighted by Gasteiger charge is -2.08. The van der Waals surface area contributed by atoms with E-state index in [2.05, 4.69) is 9.97 Å². The number of nitrogens with zero attached hydrogens (tertiary/aromatic N) is 2. The van der Waals surface area contributed by atoms with Crippen molar-refractivity contribution in [2.75, 3.05) is 5.73 Å². The van der Waals surface area contributed by atoms with Crippen molar-refractivity contribution < 1.29 is 8.78 Å². The molecule has 0 radical (unpaired) electrons. The second-order valence-electron chi connectivity index (χ2n) is 3.47.